The summed E-state index contributed by atoms with van der Waals surface area (Å²) in [6.07, 6.45) is 0.196. The second kappa shape index (κ2) is 9.85. The molecule has 44 heavy (non-hydrogen) atoms. The van der Waals surface area contributed by atoms with E-state index in [1.165, 1.54) is 19.1 Å². The Morgan fingerprint density at radius 1 is 1.09 bits per heavy atom. The van der Waals surface area contributed by atoms with E-state index < -0.39 is 82.7 Å². The molecular weight excluding hydrogens is 572 g/mol. The van der Waals surface area contributed by atoms with Crippen LogP contribution in [0.25, 0.3) is 0 Å². The number of carbonyl (C=O) groups excluding carboxylic acids is 3. The van der Waals surface area contributed by atoms with E-state index in [0.717, 1.165) is 12.5 Å². The second-order valence-electron chi connectivity index (χ2n) is 15.4. The van der Waals surface area contributed by atoms with Gasteiger partial charge in [-0.05, 0) is 85.8 Å². The van der Waals surface area contributed by atoms with Crippen molar-refractivity contribution in [1.82, 2.24) is 0 Å². The number of aliphatic hydroxyl groups is 1. The Morgan fingerprint density at radius 3 is 2.43 bits per heavy atom. The molecule has 2 bridgehead atoms. The highest BCUT2D eigenvalue weighted by Gasteiger charge is 2.79. The standard InChI is InChI=1S/C34H43F2NO7/c1-17-11-22-23-15-25(35)24-14-20(38)7-8-31(24,5)33(23,36)27(39)16-32(22,6)34(17,28(40)42-10-9-37)44-29(41)43-26-13-19-12-21(18(26)2)30(19,3)4/h7-8,14,17-19,21-23,25-27,39H,10-13,15-16H2,1-6H3/t17-,18+,19-,21+,22+,23+,25+,26+,27+,31+,32+,33?,34-/m1/s1. The van der Waals surface area contributed by atoms with Gasteiger partial charge in [-0.2, -0.15) is 5.26 Å². The highest BCUT2D eigenvalue weighted by molar-refractivity contribution is 6.01. The molecule has 7 aliphatic carbocycles. The van der Waals surface area contributed by atoms with E-state index in [1.807, 2.05) is 0 Å². The molecule has 0 heterocycles. The molecule has 6 saturated carbocycles. The number of carbonyl (C=O) groups is 3. The van der Waals surface area contributed by atoms with Gasteiger partial charge in [-0.25, -0.2) is 18.4 Å². The van der Waals surface area contributed by atoms with Gasteiger partial charge in [0, 0.05) is 22.7 Å². The van der Waals surface area contributed by atoms with E-state index >= 15 is 8.78 Å². The molecule has 13 atom stereocenters. The lowest BCUT2D eigenvalue weighted by Crippen LogP contribution is -2.71. The van der Waals surface area contributed by atoms with Gasteiger partial charge in [0.1, 0.15) is 18.3 Å². The van der Waals surface area contributed by atoms with Gasteiger partial charge in [-0.1, -0.05) is 40.7 Å². The summed E-state index contributed by atoms with van der Waals surface area (Å²) in [6, 6.07) is 1.77. The Hall–Kier alpha value is -2.80. The average molecular weight is 616 g/mol. The van der Waals surface area contributed by atoms with E-state index in [1.54, 1.807) is 19.9 Å². The highest BCUT2D eigenvalue weighted by Crippen LogP contribution is 2.72. The van der Waals surface area contributed by atoms with Gasteiger partial charge in [0.2, 0.25) is 5.60 Å². The lowest BCUT2D eigenvalue weighted by molar-refractivity contribution is -0.236. The molecule has 0 radical (unpaired) electrons. The minimum atomic E-state index is -2.36. The van der Waals surface area contributed by atoms with Gasteiger partial charge in [-0.15, -0.1) is 0 Å². The molecule has 1 unspecified atom stereocenters. The van der Waals surface area contributed by atoms with Gasteiger partial charge in [-0.3, -0.25) is 4.79 Å². The number of hydrogen-bond donors (Lipinski definition) is 1. The monoisotopic (exact) mass is 615 g/mol. The number of allylic oxidation sites excluding steroid dienone is 4. The Labute approximate surface area is 257 Å². The molecule has 0 aliphatic heterocycles. The van der Waals surface area contributed by atoms with Gasteiger partial charge in [0.05, 0.1) is 6.10 Å². The molecule has 0 aromatic heterocycles. The summed E-state index contributed by atoms with van der Waals surface area (Å²) in [4.78, 5) is 39.7. The Balaban J connectivity index is 1.36. The molecule has 7 rings (SSSR count). The van der Waals surface area contributed by atoms with E-state index in [2.05, 4.69) is 20.8 Å². The summed E-state index contributed by atoms with van der Waals surface area (Å²) >= 11 is 0. The van der Waals surface area contributed by atoms with Crippen molar-refractivity contribution in [3.8, 4) is 6.07 Å². The number of nitrogens with zero attached hydrogens (tertiary/aromatic N) is 1. The quantitative estimate of drug-likeness (QED) is 0.407. The molecule has 0 saturated heterocycles. The number of rotatable bonds is 4. The fourth-order valence-corrected chi connectivity index (χ4v) is 11.0. The van der Waals surface area contributed by atoms with Crippen LogP contribution < -0.4 is 0 Å². The first-order valence-corrected chi connectivity index (χ1v) is 15.9. The van der Waals surface area contributed by atoms with Gasteiger partial charge in [0.25, 0.3) is 0 Å². The molecule has 7 aliphatic rings. The van der Waals surface area contributed by atoms with Crippen LogP contribution in [0.4, 0.5) is 13.6 Å². The van der Waals surface area contributed by atoms with Crippen LogP contribution in [0.5, 0.6) is 0 Å². The molecule has 6 fully saturated rings. The number of ketones is 1. The summed E-state index contributed by atoms with van der Waals surface area (Å²) in [5, 5.41) is 20.9. The maximum atomic E-state index is 17.6. The van der Waals surface area contributed by atoms with E-state index in [0.29, 0.717) is 18.3 Å². The summed E-state index contributed by atoms with van der Waals surface area (Å²) in [6.45, 7) is 10.8. The first-order chi connectivity index (χ1) is 20.5. The minimum absolute atomic E-state index is 0.000188. The number of halogens is 2. The van der Waals surface area contributed by atoms with Crippen molar-refractivity contribution in [2.45, 2.75) is 103 Å². The van der Waals surface area contributed by atoms with Crippen molar-refractivity contribution < 1.29 is 42.5 Å². The predicted molar refractivity (Wildman–Crippen MR) is 153 cm³/mol. The number of alkyl halides is 2. The number of hydrogen-bond acceptors (Lipinski definition) is 8. The zero-order valence-electron chi connectivity index (χ0n) is 26.3. The Kier molecular flexibility index (Phi) is 6.98. The molecule has 1 N–H and O–H groups in total. The average Bonchev–Trinajstić information content (AvgIpc) is 3.17. The van der Waals surface area contributed by atoms with Crippen molar-refractivity contribution in [2.24, 2.45) is 51.8 Å². The lowest BCUT2D eigenvalue weighted by Gasteiger charge is -2.63. The summed E-state index contributed by atoms with van der Waals surface area (Å²) in [5.74, 6) is -3.05. The molecular formula is C34H43F2NO7. The number of fused-ring (bicyclic) bond motifs is 7. The smallest absolute Gasteiger partial charge is 0.447 e. The molecule has 8 nitrogen and oxygen atoms in total. The third kappa shape index (κ3) is 3.77. The largest absolute Gasteiger partial charge is 0.509 e. The van der Waals surface area contributed by atoms with Gasteiger partial charge >= 0.3 is 12.1 Å². The van der Waals surface area contributed by atoms with Crippen molar-refractivity contribution >= 4 is 17.9 Å². The van der Waals surface area contributed by atoms with Crippen molar-refractivity contribution in [1.29, 1.82) is 5.26 Å². The molecule has 0 amide bonds. The Bertz CT molecular complexity index is 1390. The van der Waals surface area contributed by atoms with Crippen molar-refractivity contribution in [3.05, 3.63) is 23.8 Å². The maximum Gasteiger partial charge on any atom is 0.509 e. The van der Waals surface area contributed by atoms with Crippen LogP contribution >= 0.6 is 0 Å². The summed E-state index contributed by atoms with van der Waals surface area (Å²) in [7, 11) is 0. The molecule has 0 aromatic rings. The predicted octanol–water partition coefficient (Wildman–Crippen LogP) is 5.58. The molecule has 0 spiro atoms. The first-order valence-electron chi connectivity index (χ1n) is 15.9. The third-order valence-electron chi connectivity index (χ3n) is 13.5. The zero-order chi connectivity index (χ0) is 32.2. The normalized spacial score (nSPS) is 49.7. The van der Waals surface area contributed by atoms with E-state index in [9.17, 15) is 24.8 Å². The van der Waals surface area contributed by atoms with Crippen molar-refractivity contribution in [3.63, 3.8) is 0 Å². The third-order valence-corrected chi connectivity index (χ3v) is 13.5. The number of aliphatic hydroxyl groups excluding tert-OH is 1. The number of esters is 1. The van der Waals surface area contributed by atoms with Crippen LogP contribution in [-0.2, 0) is 23.8 Å². The van der Waals surface area contributed by atoms with Crippen LogP contribution in [-0.4, -0.2) is 59.3 Å². The van der Waals surface area contributed by atoms with Gasteiger partial charge in [0.15, 0.2) is 18.1 Å². The summed E-state index contributed by atoms with van der Waals surface area (Å²) < 4.78 is 50.8. The van der Waals surface area contributed by atoms with Gasteiger partial charge < -0.3 is 19.3 Å². The summed E-state index contributed by atoms with van der Waals surface area (Å²) in [5.41, 5.74) is -7.20. The van der Waals surface area contributed by atoms with E-state index in [-0.39, 0.29) is 36.2 Å². The molecule has 0 aromatic carbocycles. The fraction of sp³-hybridized carbons (Fsp3) is 0.765. The van der Waals surface area contributed by atoms with Crippen LogP contribution in [0.2, 0.25) is 0 Å². The highest BCUT2D eigenvalue weighted by atomic mass is 19.1. The number of nitriles is 1. The second-order valence-corrected chi connectivity index (χ2v) is 15.4. The fourth-order valence-electron chi connectivity index (χ4n) is 11.0. The number of ether oxygens (including phenoxy) is 3. The van der Waals surface area contributed by atoms with Crippen LogP contribution in [0.3, 0.4) is 0 Å². The zero-order valence-corrected chi connectivity index (χ0v) is 26.3. The van der Waals surface area contributed by atoms with Crippen LogP contribution in [0.15, 0.2) is 23.8 Å². The topological polar surface area (TPSA) is 123 Å². The Morgan fingerprint density at radius 2 is 1.80 bits per heavy atom. The lowest BCUT2D eigenvalue weighted by atomic mass is 9.44. The minimum Gasteiger partial charge on any atom is -0.447 e. The maximum absolute atomic E-state index is 17.6. The molecule has 240 valence electrons. The van der Waals surface area contributed by atoms with Crippen molar-refractivity contribution in [2.75, 3.05) is 6.61 Å². The van der Waals surface area contributed by atoms with Crippen LogP contribution in [0.1, 0.15) is 73.6 Å². The van der Waals surface area contributed by atoms with Crippen LogP contribution in [0, 0.1) is 63.1 Å². The molecule has 10 heteroatoms. The first kappa shape index (κ1) is 31.2. The van der Waals surface area contributed by atoms with E-state index in [4.69, 9.17) is 14.2 Å². The SMILES string of the molecule is C[C@@H]1[C@@H](OC(=O)O[C@@]2(C(=O)OCC#N)[C@H](C)C[C@H]3[C@@H]4C[C@H](F)C5=CC(=O)C=C[C@]5(C)C4(F)[C@@H](O)C[C@@]32C)C[C@H]2C[C@@H]1C2(C)C.